The molecule has 0 spiro atoms. The highest BCUT2D eigenvalue weighted by Gasteiger charge is 2.30. The summed E-state index contributed by atoms with van der Waals surface area (Å²) < 4.78 is 68.6. The van der Waals surface area contributed by atoms with Crippen molar-refractivity contribution in [1.29, 1.82) is 0 Å². The highest BCUT2D eigenvalue weighted by Crippen LogP contribution is 2.45. The zero-order valence-corrected chi connectivity index (χ0v) is 66.2. The largest absolute Gasteiger partial charge is 0.472 e. The lowest BCUT2D eigenvalue weighted by molar-refractivity contribution is -0.161. The van der Waals surface area contributed by atoms with Crippen molar-refractivity contribution in [2.45, 2.75) is 420 Å². The number of carbonyl (C=O) groups is 4. The summed E-state index contributed by atoms with van der Waals surface area (Å²) in [6, 6.07) is 0. The van der Waals surface area contributed by atoms with Crippen LogP contribution in [0, 0.1) is 23.7 Å². The van der Waals surface area contributed by atoms with Gasteiger partial charge in [0.2, 0.25) is 0 Å². The SMILES string of the molecule is CC(C)CCCCCCCCCCCCCCCCCCC(=O)OC[C@H](COP(=O)(O)OC[C@@H](O)COP(=O)(O)OC[C@@H](COC(=O)CCCCCCCCC(C)C)OC(=O)CCCCCCCCCCCCCC(C)C)OC(=O)CCCCCCCCCCCCCCCC(C)C. The van der Waals surface area contributed by atoms with E-state index >= 15 is 0 Å². The number of aliphatic hydroxyl groups excluding tert-OH is 1. The quantitative estimate of drug-likeness (QED) is 0.0222. The van der Waals surface area contributed by atoms with Crippen LogP contribution in [0.5, 0.6) is 0 Å². The second-order valence-electron chi connectivity index (χ2n) is 30.4. The number of ether oxygens (including phenoxy) is 4. The predicted octanol–water partition coefficient (Wildman–Crippen LogP) is 23.2. The van der Waals surface area contributed by atoms with Crippen LogP contribution < -0.4 is 0 Å². The Labute approximate surface area is 600 Å². The van der Waals surface area contributed by atoms with E-state index in [2.05, 4.69) is 55.4 Å². The van der Waals surface area contributed by atoms with E-state index in [0.717, 1.165) is 114 Å². The van der Waals surface area contributed by atoms with E-state index in [1.54, 1.807) is 0 Å². The van der Waals surface area contributed by atoms with Gasteiger partial charge < -0.3 is 33.8 Å². The van der Waals surface area contributed by atoms with Gasteiger partial charge in [0.15, 0.2) is 12.2 Å². The van der Waals surface area contributed by atoms with Gasteiger partial charge in [0.05, 0.1) is 26.4 Å². The molecule has 0 aromatic heterocycles. The zero-order valence-electron chi connectivity index (χ0n) is 64.4. The molecule has 0 heterocycles. The molecule has 0 aliphatic heterocycles. The summed E-state index contributed by atoms with van der Waals surface area (Å²) in [5, 5.41) is 10.6. The Kier molecular flexibility index (Phi) is 66.8. The van der Waals surface area contributed by atoms with E-state index in [9.17, 15) is 43.2 Å². The minimum Gasteiger partial charge on any atom is -0.462 e. The Hall–Kier alpha value is -1.94. The van der Waals surface area contributed by atoms with Crippen molar-refractivity contribution in [3.8, 4) is 0 Å². The van der Waals surface area contributed by atoms with Gasteiger partial charge in [0, 0.05) is 25.7 Å². The van der Waals surface area contributed by atoms with Crippen molar-refractivity contribution in [2.24, 2.45) is 23.7 Å². The first kappa shape index (κ1) is 96.1. The van der Waals surface area contributed by atoms with Crippen LogP contribution in [0.4, 0.5) is 0 Å². The summed E-state index contributed by atoms with van der Waals surface area (Å²) in [4.78, 5) is 72.9. The molecular formula is C79H154O17P2. The first-order valence-corrected chi connectivity index (χ1v) is 43.7. The van der Waals surface area contributed by atoms with E-state index in [1.165, 1.54) is 199 Å². The van der Waals surface area contributed by atoms with Gasteiger partial charge in [0.1, 0.15) is 19.3 Å². The molecule has 0 fully saturated rings. The Bertz CT molecular complexity index is 1920. The van der Waals surface area contributed by atoms with Gasteiger partial charge in [-0.25, -0.2) is 9.13 Å². The van der Waals surface area contributed by atoms with Crippen LogP contribution in [0.1, 0.15) is 402 Å². The molecule has 0 aromatic carbocycles. The van der Waals surface area contributed by atoms with Gasteiger partial charge in [-0.1, -0.05) is 351 Å². The molecular weight excluding hydrogens is 1280 g/mol. The highest BCUT2D eigenvalue weighted by atomic mass is 31.2. The number of carbonyl (C=O) groups excluding carboxylic acids is 4. The standard InChI is InChI=1S/C79H154O17P2/c1-69(2)55-47-39-31-25-19-14-11-9-10-12-16-22-28-34-43-51-59-76(81)89-65-74(95-78(83)61-53-45-35-29-23-17-13-15-20-26-32-40-48-56-70(3)4)67-93-97(85,86)91-63-73(80)64-92-98(87,88)94-68-75(66-90-77(82)60-52-44-38-37-42-50-58-72(7)8)96-79(84)62-54-46-36-30-24-18-21-27-33-41-49-57-71(5)6/h69-75,80H,9-68H2,1-8H3,(H,85,86)(H,87,88)/t73-,74-,75-/m1/s1. The number of phosphoric ester groups is 2. The Morgan fingerprint density at radius 3 is 0.633 bits per heavy atom. The third-order valence-corrected chi connectivity index (χ3v) is 20.2. The fourth-order valence-electron chi connectivity index (χ4n) is 12.1. The molecule has 0 aliphatic rings. The first-order chi connectivity index (χ1) is 47.1. The van der Waals surface area contributed by atoms with Crippen molar-refractivity contribution < 1.29 is 80.2 Å². The summed E-state index contributed by atoms with van der Waals surface area (Å²) in [5.74, 6) is 0.925. The lowest BCUT2D eigenvalue weighted by Gasteiger charge is -2.21. The van der Waals surface area contributed by atoms with Crippen molar-refractivity contribution >= 4 is 39.5 Å². The Balaban J connectivity index is 5.22. The molecule has 0 aliphatic carbocycles. The van der Waals surface area contributed by atoms with Gasteiger partial charge >= 0.3 is 39.5 Å². The maximum atomic E-state index is 13.1. The first-order valence-electron chi connectivity index (χ1n) is 40.7. The zero-order chi connectivity index (χ0) is 72.4. The van der Waals surface area contributed by atoms with Crippen molar-refractivity contribution in [2.75, 3.05) is 39.6 Å². The lowest BCUT2D eigenvalue weighted by atomic mass is 10.0. The van der Waals surface area contributed by atoms with E-state index in [-0.39, 0.29) is 25.7 Å². The molecule has 17 nitrogen and oxygen atoms in total. The summed E-state index contributed by atoms with van der Waals surface area (Å²) in [5.41, 5.74) is 0. The van der Waals surface area contributed by atoms with E-state index < -0.39 is 97.5 Å². The van der Waals surface area contributed by atoms with E-state index in [1.807, 2.05) is 0 Å². The molecule has 0 saturated heterocycles. The number of rotatable bonds is 76. The van der Waals surface area contributed by atoms with Crippen LogP contribution in [-0.2, 0) is 65.4 Å². The fourth-order valence-corrected chi connectivity index (χ4v) is 13.7. The van der Waals surface area contributed by atoms with Crippen LogP contribution in [0.15, 0.2) is 0 Å². The summed E-state index contributed by atoms with van der Waals surface area (Å²) in [6.07, 6.45) is 54.3. The molecule has 0 bridgehead atoms. The van der Waals surface area contributed by atoms with Crippen LogP contribution in [0.25, 0.3) is 0 Å². The van der Waals surface area contributed by atoms with Crippen LogP contribution in [0.3, 0.4) is 0 Å². The highest BCUT2D eigenvalue weighted by molar-refractivity contribution is 7.47. The third kappa shape index (κ3) is 72.4. The number of phosphoric acid groups is 2. The predicted molar refractivity (Wildman–Crippen MR) is 400 cm³/mol. The minimum atomic E-state index is -4.96. The summed E-state index contributed by atoms with van der Waals surface area (Å²) in [7, 11) is -9.92. The van der Waals surface area contributed by atoms with Gasteiger partial charge in [0.25, 0.3) is 0 Å². The number of hydrogen-bond donors (Lipinski definition) is 3. The number of esters is 4. The molecule has 0 saturated carbocycles. The molecule has 2 unspecified atom stereocenters. The van der Waals surface area contributed by atoms with Gasteiger partial charge in [-0.05, 0) is 49.4 Å². The maximum absolute atomic E-state index is 13.1. The summed E-state index contributed by atoms with van der Waals surface area (Å²) in [6.45, 7) is 14.2. The second-order valence-corrected chi connectivity index (χ2v) is 33.3. The smallest absolute Gasteiger partial charge is 0.462 e. The molecule has 98 heavy (non-hydrogen) atoms. The summed E-state index contributed by atoms with van der Waals surface area (Å²) >= 11 is 0. The Morgan fingerprint density at radius 2 is 0.429 bits per heavy atom. The molecule has 0 aromatic rings. The van der Waals surface area contributed by atoms with Gasteiger partial charge in [-0.15, -0.1) is 0 Å². The molecule has 0 amide bonds. The minimum absolute atomic E-state index is 0.105. The van der Waals surface area contributed by atoms with Crippen molar-refractivity contribution in [3.63, 3.8) is 0 Å². The number of unbranched alkanes of at least 4 members (excludes halogenated alkanes) is 42. The van der Waals surface area contributed by atoms with Crippen LogP contribution in [0.2, 0.25) is 0 Å². The third-order valence-electron chi connectivity index (χ3n) is 18.3. The maximum Gasteiger partial charge on any atom is 0.472 e. The van der Waals surface area contributed by atoms with Gasteiger partial charge in [-0.3, -0.25) is 37.3 Å². The van der Waals surface area contributed by atoms with Crippen molar-refractivity contribution in [1.82, 2.24) is 0 Å². The lowest BCUT2D eigenvalue weighted by Crippen LogP contribution is -2.30. The Morgan fingerprint density at radius 1 is 0.255 bits per heavy atom. The van der Waals surface area contributed by atoms with Crippen molar-refractivity contribution in [3.05, 3.63) is 0 Å². The normalized spacial score (nSPS) is 14.1. The fraction of sp³-hybridized carbons (Fsp3) is 0.949. The average molecular weight is 1440 g/mol. The molecule has 19 heteroatoms. The van der Waals surface area contributed by atoms with Crippen LogP contribution in [-0.4, -0.2) is 96.7 Å². The molecule has 582 valence electrons. The van der Waals surface area contributed by atoms with Gasteiger partial charge in [-0.2, -0.15) is 0 Å². The molecule has 0 rings (SSSR count). The molecule has 0 radical (unpaired) electrons. The monoisotopic (exact) mass is 1440 g/mol. The second kappa shape index (κ2) is 68.2. The topological polar surface area (TPSA) is 237 Å². The number of hydrogen-bond acceptors (Lipinski definition) is 15. The van der Waals surface area contributed by atoms with E-state index in [0.29, 0.717) is 31.6 Å². The molecule has 3 N–H and O–H groups in total. The van der Waals surface area contributed by atoms with Crippen LogP contribution >= 0.6 is 15.6 Å². The number of aliphatic hydroxyl groups is 1. The average Bonchev–Trinajstić information content (AvgIpc) is 0.951. The molecule has 5 atom stereocenters. The van der Waals surface area contributed by atoms with E-state index in [4.69, 9.17) is 37.0 Å².